The zero-order chi connectivity index (χ0) is 20.6. The maximum Gasteiger partial charge on any atom is 0.347 e. The maximum atomic E-state index is 12.5. The number of aromatic nitrogens is 2. The minimum absolute atomic E-state index is 0.00711. The van der Waals surface area contributed by atoms with E-state index < -0.39 is 23.9 Å². The number of hydrogen-bond acceptors (Lipinski definition) is 6. The molecule has 1 aliphatic heterocycles. The number of aliphatic hydroxyl groups is 1. The lowest BCUT2D eigenvalue weighted by atomic mass is 10.0. The number of alkyl halides is 1. The van der Waals surface area contributed by atoms with E-state index in [1.165, 1.54) is 0 Å². The van der Waals surface area contributed by atoms with Crippen molar-refractivity contribution >= 4 is 63.1 Å². The van der Waals surface area contributed by atoms with Gasteiger partial charge in [0.25, 0.3) is 5.91 Å². The van der Waals surface area contributed by atoms with Crippen LogP contribution in [0.5, 0.6) is 0 Å². The number of hydrogen-bond donors (Lipinski definition) is 4. The molecule has 1 fully saturated rings. The number of piperidine rings is 1. The lowest BCUT2D eigenvalue weighted by molar-refractivity contribution is 0.0698. The van der Waals surface area contributed by atoms with E-state index in [2.05, 4.69) is 15.3 Å². The van der Waals surface area contributed by atoms with Crippen LogP contribution in [0.1, 0.15) is 38.0 Å². The van der Waals surface area contributed by atoms with Crippen LogP contribution in [0.25, 0.3) is 0 Å². The van der Waals surface area contributed by atoms with Gasteiger partial charge < -0.3 is 25.4 Å². The molecule has 8 nitrogen and oxygen atoms in total. The highest BCUT2D eigenvalue weighted by atomic mass is 35.5. The Bertz CT molecular complexity index is 916. The van der Waals surface area contributed by atoms with Crippen LogP contribution in [-0.4, -0.2) is 56.6 Å². The first-order valence-electron chi connectivity index (χ1n) is 8.30. The summed E-state index contributed by atoms with van der Waals surface area (Å²) in [4.78, 5) is 32.7. The Labute approximate surface area is 179 Å². The summed E-state index contributed by atoms with van der Waals surface area (Å²) in [5.74, 6) is -1.52. The van der Waals surface area contributed by atoms with Crippen LogP contribution in [0.15, 0.2) is 0 Å². The van der Waals surface area contributed by atoms with Crippen molar-refractivity contribution in [1.29, 1.82) is 0 Å². The summed E-state index contributed by atoms with van der Waals surface area (Å²) < 4.78 is 0. The molecule has 0 spiro atoms. The fraction of sp³-hybridized carbons (Fsp3) is 0.438. The van der Waals surface area contributed by atoms with Gasteiger partial charge in [-0.15, -0.1) is 11.6 Å². The summed E-state index contributed by atoms with van der Waals surface area (Å²) in [6.07, 6.45) is 0.529. The molecule has 2 aromatic heterocycles. The van der Waals surface area contributed by atoms with Crippen LogP contribution in [0, 0.1) is 6.92 Å². The predicted molar refractivity (Wildman–Crippen MR) is 108 cm³/mol. The SMILES string of the molecule is Cc1[nH]c(C(=O)N[C@@H]2CCN(c3nc(CO)c(C(=O)O)s3)C[C@@H]2Cl)c(Cl)c1Cl. The average Bonchev–Trinajstić information content (AvgIpc) is 3.20. The zero-order valence-electron chi connectivity index (χ0n) is 14.6. The number of nitrogens with one attached hydrogen (secondary N) is 2. The second kappa shape index (κ2) is 8.46. The number of nitrogens with zero attached hydrogens (tertiary/aromatic N) is 2. The van der Waals surface area contributed by atoms with Crippen molar-refractivity contribution < 1.29 is 19.8 Å². The summed E-state index contributed by atoms with van der Waals surface area (Å²) in [7, 11) is 0. The van der Waals surface area contributed by atoms with Gasteiger partial charge in [0, 0.05) is 24.8 Å². The lowest BCUT2D eigenvalue weighted by Gasteiger charge is -2.35. The van der Waals surface area contributed by atoms with E-state index in [1.807, 2.05) is 4.90 Å². The molecule has 1 saturated heterocycles. The van der Waals surface area contributed by atoms with Gasteiger partial charge in [-0.3, -0.25) is 4.79 Å². The van der Waals surface area contributed by atoms with Crippen LogP contribution in [0.2, 0.25) is 10.0 Å². The molecule has 3 rings (SSSR count). The minimum atomic E-state index is -1.13. The van der Waals surface area contributed by atoms with Gasteiger partial charge >= 0.3 is 5.97 Å². The number of carboxylic acid groups (broad SMARTS) is 1. The van der Waals surface area contributed by atoms with E-state index in [1.54, 1.807) is 6.92 Å². The molecule has 0 bridgehead atoms. The van der Waals surface area contributed by atoms with Gasteiger partial charge in [0.1, 0.15) is 10.6 Å². The predicted octanol–water partition coefficient (Wildman–Crippen LogP) is 2.89. The van der Waals surface area contributed by atoms with Gasteiger partial charge in [0.2, 0.25) is 0 Å². The molecule has 1 amide bonds. The van der Waals surface area contributed by atoms with Crippen molar-refractivity contribution in [3.05, 3.63) is 32.0 Å². The number of halogens is 3. The van der Waals surface area contributed by atoms with Gasteiger partial charge in [-0.2, -0.15) is 0 Å². The molecule has 3 heterocycles. The third-order valence-electron chi connectivity index (χ3n) is 4.44. The summed E-state index contributed by atoms with van der Waals surface area (Å²) in [6.45, 7) is 2.15. The quantitative estimate of drug-likeness (QED) is 0.502. The number of aromatic carboxylic acids is 1. The number of H-pyrrole nitrogens is 1. The molecular formula is C16H17Cl3N4O4S. The fourth-order valence-electron chi connectivity index (χ4n) is 2.96. The number of aromatic amines is 1. The van der Waals surface area contributed by atoms with Crippen LogP contribution in [0.4, 0.5) is 5.13 Å². The van der Waals surface area contributed by atoms with E-state index in [0.717, 1.165) is 11.3 Å². The Morgan fingerprint density at radius 2 is 2.11 bits per heavy atom. The molecule has 0 radical (unpaired) electrons. The van der Waals surface area contributed by atoms with Crippen LogP contribution in [0.3, 0.4) is 0 Å². The van der Waals surface area contributed by atoms with Crippen molar-refractivity contribution in [2.75, 3.05) is 18.0 Å². The summed E-state index contributed by atoms with van der Waals surface area (Å²) in [5, 5.41) is 21.9. The highest BCUT2D eigenvalue weighted by Crippen LogP contribution is 2.31. The Morgan fingerprint density at radius 3 is 2.61 bits per heavy atom. The molecule has 0 aromatic carbocycles. The topological polar surface area (TPSA) is 119 Å². The number of carbonyl (C=O) groups excluding carboxylic acids is 1. The molecule has 28 heavy (non-hydrogen) atoms. The van der Waals surface area contributed by atoms with Crippen LogP contribution >= 0.6 is 46.1 Å². The van der Waals surface area contributed by atoms with Gasteiger partial charge in [-0.05, 0) is 13.3 Å². The van der Waals surface area contributed by atoms with Crippen molar-refractivity contribution in [2.24, 2.45) is 0 Å². The van der Waals surface area contributed by atoms with Gasteiger partial charge in [-0.1, -0.05) is 34.5 Å². The molecule has 152 valence electrons. The molecule has 2 aromatic rings. The molecular weight excluding hydrogens is 451 g/mol. The van der Waals surface area contributed by atoms with Gasteiger partial charge in [0.15, 0.2) is 5.13 Å². The number of aryl methyl sites for hydroxylation is 1. The number of anilines is 1. The number of thiazole rings is 1. The summed E-state index contributed by atoms with van der Waals surface area (Å²) in [5.41, 5.74) is 0.920. The molecule has 4 N–H and O–H groups in total. The van der Waals surface area contributed by atoms with E-state index in [0.29, 0.717) is 35.4 Å². The molecule has 0 saturated carbocycles. The largest absolute Gasteiger partial charge is 0.477 e. The smallest absolute Gasteiger partial charge is 0.347 e. The monoisotopic (exact) mass is 466 g/mol. The van der Waals surface area contributed by atoms with Gasteiger partial charge in [-0.25, -0.2) is 9.78 Å². The number of carbonyl (C=O) groups is 2. The Kier molecular flexibility index (Phi) is 6.41. The Hall–Kier alpha value is -1.52. The Morgan fingerprint density at radius 1 is 1.39 bits per heavy atom. The highest BCUT2D eigenvalue weighted by molar-refractivity contribution is 7.17. The number of amides is 1. The number of rotatable bonds is 5. The van der Waals surface area contributed by atoms with E-state index in [-0.39, 0.29) is 27.3 Å². The van der Waals surface area contributed by atoms with Crippen molar-refractivity contribution in [2.45, 2.75) is 31.4 Å². The zero-order valence-corrected chi connectivity index (χ0v) is 17.7. The molecule has 12 heteroatoms. The minimum Gasteiger partial charge on any atom is -0.477 e. The first kappa shape index (κ1) is 21.2. The maximum absolute atomic E-state index is 12.5. The first-order valence-corrected chi connectivity index (χ1v) is 10.3. The lowest BCUT2D eigenvalue weighted by Crippen LogP contribution is -2.52. The van der Waals surface area contributed by atoms with Crippen molar-refractivity contribution in [3.63, 3.8) is 0 Å². The molecule has 1 aliphatic rings. The first-order chi connectivity index (χ1) is 13.2. The summed E-state index contributed by atoms with van der Waals surface area (Å²) >= 11 is 19.5. The van der Waals surface area contributed by atoms with Crippen LogP contribution in [-0.2, 0) is 6.61 Å². The molecule has 0 unspecified atom stereocenters. The van der Waals surface area contributed by atoms with Crippen molar-refractivity contribution in [3.8, 4) is 0 Å². The summed E-state index contributed by atoms with van der Waals surface area (Å²) in [6, 6.07) is -0.305. The number of carboxylic acids is 1. The third kappa shape index (κ3) is 4.08. The standard InChI is InChI=1S/C16H17Cl3N4O4S/c1-6-10(18)11(19)12(20-6)14(25)21-8-2-3-23(4-7(8)17)16-22-9(5-24)13(28-16)15(26)27/h7-8,20,24H,2-5H2,1H3,(H,21,25)(H,26,27)/t7-,8+/m0/s1. The van der Waals surface area contributed by atoms with Gasteiger partial charge in [0.05, 0.1) is 27.7 Å². The van der Waals surface area contributed by atoms with E-state index in [4.69, 9.17) is 34.8 Å². The fourth-order valence-corrected chi connectivity index (χ4v) is 4.68. The number of aliphatic hydroxyl groups excluding tert-OH is 1. The van der Waals surface area contributed by atoms with E-state index >= 15 is 0 Å². The highest BCUT2D eigenvalue weighted by Gasteiger charge is 2.32. The van der Waals surface area contributed by atoms with Crippen LogP contribution < -0.4 is 10.2 Å². The second-order valence-corrected chi connectivity index (χ2v) is 8.61. The third-order valence-corrected chi connectivity index (χ3v) is 6.98. The molecule has 2 atom stereocenters. The second-order valence-electron chi connectivity index (χ2n) is 6.32. The van der Waals surface area contributed by atoms with Crippen molar-refractivity contribution in [1.82, 2.24) is 15.3 Å². The van der Waals surface area contributed by atoms with E-state index in [9.17, 15) is 19.8 Å². The Balaban J connectivity index is 1.67. The molecule has 0 aliphatic carbocycles. The average molecular weight is 468 g/mol. The normalized spacial score (nSPS) is 19.7.